The lowest BCUT2D eigenvalue weighted by Crippen LogP contribution is -2.35. The molecule has 0 aliphatic heterocycles. The maximum atomic E-state index is 13.2. The lowest BCUT2D eigenvalue weighted by Gasteiger charge is -2.25. The van der Waals surface area contributed by atoms with Gasteiger partial charge in [-0.2, -0.15) is 0 Å². The second-order valence-corrected chi connectivity index (χ2v) is 11.9. The van der Waals surface area contributed by atoms with E-state index in [2.05, 4.69) is 11.4 Å². The normalized spacial score (nSPS) is 12.3. The summed E-state index contributed by atoms with van der Waals surface area (Å²) in [5.74, 6) is 0.0222. The molecule has 7 heteroatoms. The number of fused-ring (bicyclic) bond motifs is 1. The van der Waals surface area contributed by atoms with E-state index >= 15 is 0 Å². The van der Waals surface area contributed by atoms with E-state index in [9.17, 15) is 9.59 Å². The molecule has 1 heterocycles. The molecule has 1 N–H and O–H groups in total. The van der Waals surface area contributed by atoms with Crippen LogP contribution < -0.4 is 5.32 Å². The molecular weight excluding hydrogens is 558 g/mol. The third kappa shape index (κ3) is 8.91. The molecule has 3 aromatic carbocycles. The molecule has 1 aromatic heterocycles. The molecular formula is C36H40ClN3O3. The Labute approximate surface area is 259 Å². The summed E-state index contributed by atoms with van der Waals surface area (Å²) in [4.78, 5) is 32.7. The Morgan fingerprint density at radius 3 is 2.44 bits per heavy atom. The molecule has 224 valence electrons. The van der Waals surface area contributed by atoms with E-state index in [4.69, 9.17) is 21.3 Å². The summed E-state index contributed by atoms with van der Waals surface area (Å²) < 4.78 is 5.60. The molecule has 2 amide bonds. The minimum absolute atomic E-state index is 0.0222. The van der Waals surface area contributed by atoms with Gasteiger partial charge in [-0.05, 0) is 101 Å². The number of ether oxygens (including phenoxy) is 1. The van der Waals surface area contributed by atoms with Gasteiger partial charge in [0.15, 0.2) is 0 Å². The molecule has 0 spiro atoms. The van der Waals surface area contributed by atoms with Crippen LogP contribution in [0.15, 0.2) is 78.9 Å². The Kier molecular flexibility index (Phi) is 10.6. The van der Waals surface area contributed by atoms with Crippen molar-refractivity contribution in [3.8, 4) is 0 Å². The number of halogens is 1. The molecule has 1 unspecified atom stereocenters. The molecule has 0 bridgehead atoms. The van der Waals surface area contributed by atoms with Crippen molar-refractivity contribution in [3.05, 3.63) is 112 Å². The SMILES string of the molecule is CCN(CC)C(=O)c1ccccc1CCC(NC(=O)OC(C)(C)C)c1cccc(/C=C/c2ccc3ccc(Cl)cc3n2)c1. The smallest absolute Gasteiger partial charge is 0.408 e. The monoisotopic (exact) mass is 597 g/mol. The standard InChI is InChI=1S/C36H40ClN3O3/c1-6-40(7-2)34(41)31-14-9-8-12-26(31)18-22-32(39-35(42)43-36(3,4)5)28-13-10-11-25(23-28)15-20-30-21-17-27-16-19-29(37)24-33(27)38-30/h8-17,19-21,23-24,32H,6-7,18,22H2,1-5H3,(H,39,42)/b20-15+. The molecule has 0 aliphatic carbocycles. The predicted octanol–water partition coefficient (Wildman–Crippen LogP) is 8.74. The first-order chi connectivity index (χ1) is 20.6. The van der Waals surface area contributed by atoms with Gasteiger partial charge in [-0.15, -0.1) is 0 Å². The average Bonchev–Trinajstić information content (AvgIpc) is 2.98. The van der Waals surface area contributed by atoms with Crippen LogP contribution >= 0.6 is 11.6 Å². The number of hydrogen-bond donors (Lipinski definition) is 1. The van der Waals surface area contributed by atoms with Crippen molar-refractivity contribution in [3.63, 3.8) is 0 Å². The van der Waals surface area contributed by atoms with Crippen LogP contribution in [0.4, 0.5) is 4.79 Å². The van der Waals surface area contributed by atoms with Gasteiger partial charge in [-0.25, -0.2) is 9.78 Å². The van der Waals surface area contributed by atoms with Crippen LogP contribution in [0.5, 0.6) is 0 Å². The molecule has 6 nitrogen and oxygen atoms in total. The van der Waals surface area contributed by atoms with Crippen molar-refractivity contribution in [1.29, 1.82) is 0 Å². The van der Waals surface area contributed by atoms with Crippen LogP contribution in [0.2, 0.25) is 5.02 Å². The molecule has 4 aromatic rings. The summed E-state index contributed by atoms with van der Waals surface area (Å²) in [6.45, 7) is 10.8. The second kappa shape index (κ2) is 14.3. The minimum Gasteiger partial charge on any atom is -0.444 e. The van der Waals surface area contributed by atoms with Crippen molar-refractivity contribution in [2.75, 3.05) is 13.1 Å². The Morgan fingerprint density at radius 2 is 1.70 bits per heavy atom. The van der Waals surface area contributed by atoms with Crippen LogP contribution in [0, 0.1) is 0 Å². The van der Waals surface area contributed by atoms with Gasteiger partial charge in [-0.1, -0.05) is 66.2 Å². The first kappa shape index (κ1) is 31.8. The molecule has 0 aliphatic rings. The number of nitrogens with one attached hydrogen (secondary N) is 1. The largest absolute Gasteiger partial charge is 0.444 e. The third-order valence-corrected chi connectivity index (χ3v) is 7.36. The maximum Gasteiger partial charge on any atom is 0.408 e. The van der Waals surface area contributed by atoms with Gasteiger partial charge >= 0.3 is 6.09 Å². The second-order valence-electron chi connectivity index (χ2n) is 11.4. The lowest BCUT2D eigenvalue weighted by atomic mass is 9.95. The number of carbonyl (C=O) groups is 2. The van der Waals surface area contributed by atoms with Gasteiger partial charge in [-0.3, -0.25) is 4.79 Å². The Bertz CT molecular complexity index is 1610. The zero-order chi connectivity index (χ0) is 31.0. The van der Waals surface area contributed by atoms with Crippen molar-refractivity contribution in [2.24, 2.45) is 0 Å². The summed E-state index contributed by atoms with van der Waals surface area (Å²) >= 11 is 6.16. The minimum atomic E-state index is -0.626. The zero-order valence-electron chi connectivity index (χ0n) is 25.6. The number of benzene rings is 3. The number of nitrogens with zero attached hydrogens (tertiary/aromatic N) is 2. The highest BCUT2D eigenvalue weighted by molar-refractivity contribution is 6.31. The Hall–Kier alpha value is -4.16. The van der Waals surface area contributed by atoms with Gasteiger partial charge < -0.3 is 15.0 Å². The van der Waals surface area contributed by atoms with Crippen molar-refractivity contribution >= 4 is 46.7 Å². The number of carbonyl (C=O) groups excluding carboxylic acids is 2. The van der Waals surface area contributed by atoms with Gasteiger partial charge in [0.1, 0.15) is 5.60 Å². The van der Waals surface area contributed by atoms with Gasteiger partial charge in [0, 0.05) is 29.1 Å². The van der Waals surface area contributed by atoms with Gasteiger partial charge in [0.2, 0.25) is 0 Å². The quantitative estimate of drug-likeness (QED) is 0.198. The molecule has 0 radical (unpaired) electrons. The van der Waals surface area contributed by atoms with Crippen LogP contribution in [0.1, 0.15) is 79.8 Å². The van der Waals surface area contributed by atoms with Crippen LogP contribution in [0.25, 0.3) is 23.1 Å². The highest BCUT2D eigenvalue weighted by atomic mass is 35.5. The summed E-state index contributed by atoms with van der Waals surface area (Å²) in [7, 11) is 0. The topological polar surface area (TPSA) is 71.5 Å². The van der Waals surface area contributed by atoms with Crippen LogP contribution in [-0.2, 0) is 11.2 Å². The fraction of sp³-hybridized carbons (Fsp3) is 0.306. The van der Waals surface area contributed by atoms with E-state index in [1.165, 1.54) is 0 Å². The Balaban J connectivity index is 1.59. The van der Waals surface area contributed by atoms with Crippen molar-refractivity contribution in [1.82, 2.24) is 15.2 Å². The fourth-order valence-corrected chi connectivity index (χ4v) is 5.13. The molecule has 1 atom stereocenters. The molecule has 0 fully saturated rings. The molecule has 0 saturated carbocycles. The van der Waals surface area contributed by atoms with Crippen LogP contribution in [-0.4, -0.2) is 40.6 Å². The van der Waals surface area contributed by atoms with Crippen molar-refractivity contribution in [2.45, 2.75) is 59.1 Å². The number of aromatic nitrogens is 1. The maximum absolute atomic E-state index is 13.2. The summed E-state index contributed by atoms with van der Waals surface area (Å²) in [6.07, 6.45) is 4.68. The van der Waals surface area contributed by atoms with E-state index in [1.807, 2.05) is 124 Å². The number of hydrogen-bond acceptors (Lipinski definition) is 4. The highest BCUT2D eigenvalue weighted by Gasteiger charge is 2.22. The molecule has 43 heavy (non-hydrogen) atoms. The fourth-order valence-electron chi connectivity index (χ4n) is 4.96. The molecule has 0 saturated heterocycles. The number of amides is 2. The summed E-state index contributed by atoms with van der Waals surface area (Å²) in [5.41, 5.74) is 4.59. The third-order valence-electron chi connectivity index (χ3n) is 7.13. The number of rotatable bonds is 10. The summed E-state index contributed by atoms with van der Waals surface area (Å²) in [5, 5.41) is 4.75. The number of alkyl carbamates (subject to hydrolysis) is 1. The zero-order valence-corrected chi connectivity index (χ0v) is 26.3. The van der Waals surface area contributed by atoms with E-state index < -0.39 is 11.7 Å². The number of aryl methyl sites for hydroxylation is 1. The van der Waals surface area contributed by atoms with E-state index in [1.54, 1.807) is 0 Å². The van der Waals surface area contributed by atoms with E-state index in [0.717, 1.165) is 33.3 Å². The van der Waals surface area contributed by atoms with Crippen LogP contribution in [0.3, 0.4) is 0 Å². The summed E-state index contributed by atoms with van der Waals surface area (Å²) in [6, 6.07) is 25.1. The average molecular weight is 598 g/mol. The van der Waals surface area contributed by atoms with Crippen molar-refractivity contribution < 1.29 is 14.3 Å². The van der Waals surface area contributed by atoms with Gasteiger partial charge in [0.25, 0.3) is 5.91 Å². The van der Waals surface area contributed by atoms with E-state index in [0.29, 0.717) is 36.5 Å². The first-order valence-corrected chi connectivity index (χ1v) is 15.1. The first-order valence-electron chi connectivity index (χ1n) is 14.8. The molecule has 4 rings (SSSR count). The lowest BCUT2D eigenvalue weighted by molar-refractivity contribution is 0.0500. The Morgan fingerprint density at radius 1 is 0.953 bits per heavy atom. The van der Waals surface area contributed by atoms with Gasteiger partial charge in [0.05, 0.1) is 17.3 Å². The number of pyridine rings is 1. The highest BCUT2D eigenvalue weighted by Crippen LogP contribution is 2.25. The van der Waals surface area contributed by atoms with E-state index in [-0.39, 0.29) is 11.9 Å². The predicted molar refractivity (Wildman–Crippen MR) is 176 cm³/mol.